The van der Waals surface area contributed by atoms with Crippen LogP contribution in [0.4, 0.5) is 0 Å². The molecular formula is C23H27NO2. The van der Waals surface area contributed by atoms with Crippen LogP contribution in [-0.2, 0) is 6.42 Å². The molecular weight excluding hydrogens is 322 g/mol. The molecule has 2 aromatic carbocycles. The van der Waals surface area contributed by atoms with Crippen molar-refractivity contribution in [2.75, 3.05) is 19.6 Å². The second-order valence-corrected chi connectivity index (χ2v) is 8.05. The van der Waals surface area contributed by atoms with Gasteiger partial charge in [-0.3, -0.25) is 9.69 Å². The van der Waals surface area contributed by atoms with Gasteiger partial charge in [0.05, 0.1) is 6.54 Å². The van der Waals surface area contributed by atoms with Gasteiger partial charge >= 0.3 is 0 Å². The summed E-state index contributed by atoms with van der Waals surface area (Å²) >= 11 is 0. The highest BCUT2D eigenvalue weighted by Crippen LogP contribution is 2.43. The molecule has 1 N–H and O–H groups in total. The summed E-state index contributed by atoms with van der Waals surface area (Å²) in [4.78, 5) is 14.8. The van der Waals surface area contributed by atoms with Crippen LogP contribution in [0.3, 0.4) is 0 Å². The first-order valence-electron chi connectivity index (χ1n) is 9.76. The lowest BCUT2D eigenvalue weighted by Gasteiger charge is -2.18. The maximum Gasteiger partial charge on any atom is 0.176 e. The van der Waals surface area contributed by atoms with E-state index in [9.17, 15) is 9.90 Å². The first-order chi connectivity index (χ1) is 12.7. The van der Waals surface area contributed by atoms with E-state index in [1.165, 1.54) is 31.2 Å². The number of Topliss-reactive ketones (excluding diaryl/α,β-unsaturated/α-hetero) is 1. The topological polar surface area (TPSA) is 40.5 Å². The van der Waals surface area contributed by atoms with Gasteiger partial charge < -0.3 is 5.11 Å². The smallest absolute Gasteiger partial charge is 0.176 e. The summed E-state index contributed by atoms with van der Waals surface area (Å²) in [6, 6.07) is 17.4. The van der Waals surface area contributed by atoms with Crippen LogP contribution in [0.2, 0.25) is 0 Å². The molecule has 0 unspecified atom stereocenters. The molecule has 1 saturated carbocycles. The van der Waals surface area contributed by atoms with Gasteiger partial charge in [-0.2, -0.15) is 0 Å². The van der Waals surface area contributed by atoms with E-state index in [1.807, 2.05) is 0 Å². The third kappa shape index (κ3) is 3.99. The number of benzene rings is 2. The largest absolute Gasteiger partial charge is 0.508 e. The Morgan fingerprint density at radius 1 is 0.962 bits per heavy atom. The molecule has 0 spiro atoms. The van der Waals surface area contributed by atoms with Crippen molar-refractivity contribution in [2.24, 2.45) is 17.8 Å². The summed E-state index contributed by atoms with van der Waals surface area (Å²) in [6.45, 7) is 2.64. The summed E-state index contributed by atoms with van der Waals surface area (Å²) in [7, 11) is 0. The Kier molecular flexibility index (Phi) is 5.07. The predicted octanol–water partition coefficient (Wildman–Crippen LogP) is 4.17. The van der Waals surface area contributed by atoms with Crippen LogP contribution in [0.15, 0.2) is 54.6 Å². The minimum Gasteiger partial charge on any atom is -0.508 e. The van der Waals surface area contributed by atoms with E-state index in [0.717, 1.165) is 30.8 Å². The van der Waals surface area contributed by atoms with Crippen molar-refractivity contribution in [1.82, 2.24) is 4.90 Å². The molecule has 26 heavy (non-hydrogen) atoms. The van der Waals surface area contributed by atoms with E-state index in [1.54, 1.807) is 24.3 Å². The monoisotopic (exact) mass is 349 g/mol. The average Bonchev–Trinajstić information content (AvgIpc) is 3.19. The van der Waals surface area contributed by atoms with Crippen LogP contribution < -0.4 is 0 Å². The van der Waals surface area contributed by atoms with E-state index < -0.39 is 0 Å². The zero-order valence-electron chi connectivity index (χ0n) is 15.2. The number of carbonyl (C=O) groups is 1. The van der Waals surface area contributed by atoms with Crippen molar-refractivity contribution in [3.8, 4) is 5.75 Å². The van der Waals surface area contributed by atoms with Crippen molar-refractivity contribution >= 4 is 5.78 Å². The normalized spacial score (nSPS) is 25.3. The number of rotatable bonds is 6. The highest BCUT2D eigenvalue weighted by molar-refractivity contribution is 5.97. The molecule has 0 amide bonds. The lowest BCUT2D eigenvalue weighted by atomic mass is 9.96. The second-order valence-electron chi connectivity index (χ2n) is 8.05. The van der Waals surface area contributed by atoms with Crippen LogP contribution >= 0.6 is 0 Å². The van der Waals surface area contributed by atoms with E-state index in [2.05, 4.69) is 35.2 Å². The zero-order chi connectivity index (χ0) is 17.9. The van der Waals surface area contributed by atoms with E-state index in [0.29, 0.717) is 12.1 Å². The van der Waals surface area contributed by atoms with E-state index >= 15 is 0 Å². The van der Waals surface area contributed by atoms with Gasteiger partial charge in [0.15, 0.2) is 5.78 Å². The zero-order valence-corrected chi connectivity index (χ0v) is 15.2. The Hall–Kier alpha value is -2.13. The molecule has 3 nitrogen and oxygen atoms in total. The second kappa shape index (κ2) is 7.63. The van der Waals surface area contributed by atoms with Gasteiger partial charge in [-0.05, 0) is 73.3 Å². The molecule has 4 rings (SSSR count). The van der Waals surface area contributed by atoms with Crippen molar-refractivity contribution < 1.29 is 9.90 Å². The molecule has 1 aliphatic carbocycles. The number of aromatic hydroxyl groups is 1. The number of hydrogen-bond acceptors (Lipinski definition) is 3. The Balaban J connectivity index is 1.24. The number of likely N-dealkylation sites (tertiary alicyclic amines) is 1. The number of hydrogen-bond donors (Lipinski definition) is 1. The molecule has 1 aliphatic heterocycles. The minimum atomic E-state index is 0.158. The maximum atomic E-state index is 12.4. The lowest BCUT2D eigenvalue weighted by molar-refractivity contribution is 0.0939. The standard InChI is InChI=1S/C23H27NO2/c25-22-10-8-19(9-11-22)23(26)16-24-14-20-12-18(13-21(20)15-24)7-6-17-4-2-1-3-5-17/h1-5,8-11,18,20-21,25H,6-7,12-16H2/t18-,20+,21-. The van der Waals surface area contributed by atoms with E-state index in [4.69, 9.17) is 0 Å². The highest BCUT2D eigenvalue weighted by atomic mass is 16.3. The number of nitrogens with zero attached hydrogens (tertiary/aromatic N) is 1. The van der Waals surface area contributed by atoms with Crippen LogP contribution in [0.5, 0.6) is 5.75 Å². The first kappa shape index (κ1) is 17.3. The Morgan fingerprint density at radius 2 is 1.62 bits per heavy atom. The van der Waals surface area contributed by atoms with Crippen molar-refractivity contribution in [1.29, 1.82) is 0 Å². The molecule has 2 aromatic rings. The molecule has 3 atom stereocenters. The fraction of sp³-hybridized carbons (Fsp3) is 0.435. The predicted molar refractivity (Wildman–Crippen MR) is 103 cm³/mol. The number of phenols is 1. The molecule has 0 aromatic heterocycles. The number of carbonyl (C=O) groups excluding carboxylic acids is 1. The quantitative estimate of drug-likeness (QED) is 0.796. The summed E-state index contributed by atoms with van der Waals surface area (Å²) in [5.74, 6) is 2.75. The molecule has 0 radical (unpaired) electrons. The van der Waals surface area contributed by atoms with Crippen LogP contribution in [0.25, 0.3) is 0 Å². The summed E-state index contributed by atoms with van der Waals surface area (Å²) in [6.07, 6.45) is 5.13. The van der Waals surface area contributed by atoms with Gasteiger partial charge in [0.2, 0.25) is 0 Å². The van der Waals surface area contributed by atoms with Gasteiger partial charge in [0, 0.05) is 18.7 Å². The Bertz CT molecular complexity index is 727. The fourth-order valence-electron chi connectivity index (χ4n) is 4.84. The van der Waals surface area contributed by atoms with Gasteiger partial charge in [-0.1, -0.05) is 30.3 Å². The SMILES string of the molecule is O=C(CN1C[C@H]2C[C@H](CCc3ccccc3)C[C@H]2C1)c1ccc(O)cc1. The Labute approximate surface area is 155 Å². The number of aryl methyl sites for hydroxylation is 1. The van der Waals surface area contributed by atoms with Crippen molar-refractivity contribution in [3.05, 3.63) is 65.7 Å². The molecule has 3 heteroatoms. The van der Waals surface area contributed by atoms with Gasteiger partial charge in [0.25, 0.3) is 0 Å². The maximum absolute atomic E-state index is 12.4. The van der Waals surface area contributed by atoms with E-state index in [-0.39, 0.29) is 11.5 Å². The molecule has 2 fully saturated rings. The fourth-order valence-corrected chi connectivity index (χ4v) is 4.84. The molecule has 0 bridgehead atoms. The van der Waals surface area contributed by atoms with Crippen molar-refractivity contribution in [3.63, 3.8) is 0 Å². The molecule has 1 heterocycles. The minimum absolute atomic E-state index is 0.158. The summed E-state index contributed by atoms with van der Waals surface area (Å²) in [5, 5.41) is 9.35. The highest BCUT2D eigenvalue weighted by Gasteiger charge is 2.40. The third-order valence-corrected chi connectivity index (χ3v) is 6.16. The lowest BCUT2D eigenvalue weighted by Crippen LogP contribution is -2.29. The van der Waals surface area contributed by atoms with Crippen molar-refractivity contribution in [2.45, 2.75) is 25.7 Å². The summed E-state index contributed by atoms with van der Waals surface area (Å²) < 4.78 is 0. The van der Waals surface area contributed by atoms with Gasteiger partial charge in [-0.25, -0.2) is 0 Å². The first-order valence-corrected chi connectivity index (χ1v) is 9.76. The van der Waals surface area contributed by atoms with Crippen LogP contribution in [0, 0.1) is 17.8 Å². The molecule has 1 saturated heterocycles. The number of phenolic OH excluding ortho intramolecular Hbond substituents is 1. The third-order valence-electron chi connectivity index (χ3n) is 6.16. The molecule has 2 aliphatic rings. The Morgan fingerprint density at radius 3 is 2.27 bits per heavy atom. The number of fused-ring (bicyclic) bond motifs is 1. The van der Waals surface area contributed by atoms with Crippen LogP contribution in [-0.4, -0.2) is 35.4 Å². The van der Waals surface area contributed by atoms with Gasteiger partial charge in [0.1, 0.15) is 5.75 Å². The molecule has 136 valence electrons. The average molecular weight is 349 g/mol. The van der Waals surface area contributed by atoms with Crippen LogP contribution in [0.1, 0.15) is 35.2 Å². The van der Waals surface area contributed by atoms with Gasteiger partial charge in [-0.15, -0.1) is 0 Å². The summed E-state index contributed by atoms with van der Waals surface area (Å²) in [5.41, 5.74) is 2.14. The number of ketones is 1.